The molecule has 0 bridgehead atoms. The van der Waals surface area contributed by atoms with Gasteiger partial charge in [-0.2, -0.15) is 0 Å². The lowest BCUT2D eigenvalue weighted by Crippen LogP contribution is -1.83. The highest BCUT2D eigenvalue weighted by Gasteiger charge is 2.12. The first-order chi connectivity index (χ1) is 14.9. The van der Waals surface area contributed by atoms with Crippen molar-refractivity contribution in [2.24, 2.45) is 0 Å². The molecule has 0 spiro atoms. The third-order valence-corrected chi connectivity index (χ3v) is 5.99. The molecular formula is C29H21N. The van der Waals surface area contributed by atoms with Gasteiger partial charge in [0.05, 0.1) is 0 Å². The summed E-state index contributed by atoms with van der Waals surface area (Å²) in [5.41, 5.74) is 9.94. The first kappa shape index (κ1) is 17.1. The Bertz CT molecular complexity index is 1450. The fourth-order valence-electron chi connectivity index (χ4n) is 4.51. The number of nitrogens with one attached hydrogen (secondary N) is 1. The Hall–Kier alpha value is -3.84. The van der Waals surface area contributed by atoms with Gasteiger partial charge >= 0.3 is 0 Å². The van der Waals surface area contributed by atoms with E-state index in [1.807, 2.05) is 0 Å². The number of hydrogen-bond donors (Lipinski definition) is 1. The second-order valence-corrected chi connectivity index (χ2v) is 7.86. The van der Waals surface area contributed by atoms with Crippen molar-refractivity contribution >= 4 is 34.0 Å². The van der Waals surface area contributed by atoms with Crippen LogP contribution in [-0.2, 0) is 0 Å². The van der Waals surface area contributed by atoms with Gasteiger partial charge < -0.3 is 4.98 Å². The molecule has 1 heterocycles. The number of rotatable bonds is 2. The topological polar surface area (TPSA) is 15.8 Å². The number of allylic oxidation sites excluding steroid dienone is 2. The summed E-state index contributed by atoms with van der Waals surface area (Å²) in [6.45, 7) is 0. The highest BCUT2D eigenvalue weighted by Crippen LogP contribution is 2.36. The predicted molar refractivity (Wildman–Crippen MR) is 129 cm³/mol. The van der Waals surface area contributed by atoms with Gasteiger partial charge in [0.2, 0.25) is 0 Å². The monoisotopic (exact) mass is 383 g/mol. The normalized spacial score (nSPS) is 12.9. The number of fused-ring (bicyclic) bond motifs is 5. The molecule has 0 fully saturated rings. The summed E-state index contributed by atoms with van der Waals surface area (Å²) in [4.78, 5) is 3.61. The standard InChI is InChI=1S/C29H21N/c1-3-8-20(9-4-1)22-11-7-12-23(18-22)24-15-16-27-26(19-24)29-25-13-6-2-5-10-21(25)14-17-28(29)30-27/h1,3-19,30H,2H2. The van der Waals surface area contributed by atoms with E-state index in [1.165, 1.54) is 55.2 Å². The van der Waals surface area contributed by atoms with E-state index in [4.69, 9.17) is 0 Å². The van der Waals surface area contributed by atoms with Crippen molar-refractivity contribution in [3.63, 3.8) is 0 Å². The second-order valence-electron chi connectivity index (χ2n) is 7.86. The van der Waals surface area contributed by atoms with E-state index < -0.39 is 0 Å². The summed E-state index contributed by atoms with van der Waals surface area (Å²) in [5, 5.41) is 2.59. The molecule has 4 aromatic carbocycles. The van der Waals surface area contributed by atoms with E-state index in [0.29, 0.717) is 0 Å². The summed E-state index contributed by atoms with van der Waals surface area (Å²) >= 11 is 0. The maximum Gasteiger partial charge on any atom is 0.0471 e. The van der Waals surface area contributed by atoms with Crippen LogP contribution in [0.25, 0.3) is 56.2 Å². The van der Waals surface area contributed by atoms with Crippen molar-refractivity contribution in [1.82, 2.24) is 4.98 Å². The van der Waals surface area contributed by atoms with E-state index in [9.17, 15) is 0 Å². The fourth-order valence-corrected chi connectivity index (χ4v) is 4.51. The zero-order valence-electron chi connectivity index (χ0n) is 16.6. The molecule has 0 atom stereocenters. The maximum absolute atomic E-state index is 3.61. The van der Waals surface area contributed by atoms with Crippen LogP contribution in [0.5, 0.6) is 0 Å². The minimum Gasteiger partial charge on any atom is -0.354 e. The molecule has 0 unspecified atom stereocenters. The third-order valence-electron chi connectivity index (χ3n) is 5.99. The van der Waals surface area contributed by atoms with Crippen molar-refractivity contribution in [1.29, 1.82) is 0 Å². The Labute approximate surface area is 176 Å². The second kappa shape index (κ2) is 6.89. The van der Waals surface area contributed by atoms with E-state index >= 15 is 0 Å². The van der Waals surface area contributed by atoms with Crippen molar-refractivity contribution in [2.45, 2.75) is 6.42 Å². The first-order valence-electron chi connectivity index (χ1n) is 10.4. The van der Waals surface area contributed by atoms with Gasteiger partial charge in [0.25, 0.3) is 0 Å². The largest absolute Gasteiger partial charge is 0.354 e. The van der Waals surface area contributed by atoms with E-state index in [-0.39, 0.29) is 0 Å². The van der Waals surface area contributed by atoms with Crippen molar-refractivity contribution in [3.8, 4) is 22.3 Å². The maximum atomic E-state index is 3.61. The van der Waals surface area contributed by atoms with Crippen LogP contribution in [0.15, 0.2) is 97.1 Å². The quantitative estimate of drug-likeness (QED) is 0.317. The number of benzene rings is 4. The molecule has 1 nitrogen and oxygen atoms in total. The molecule has 5 aromatic rings. The van der Waals surface area contributed by atoms with E-state index in [1.54, 1.807) is 0 Å². The molecule has 1 aliphatic rings. The Morgan fingerprint density at radius 1 is 0.567 bits per heavy atom. The number of hydrogen-bond acceptors (Lipinski definition) is 0. The van der Waals surface area contributed by atoms with Gasteiger partial charge in [-0.25, -0.2) is 0 Å². The van der Waals surface area contributed by atoms with Gasteiger partial charge in [0, 0.05) is 21.8 Å². The molecule has 1 N–H and O–H groups in total. The molecule has 142 valence electrons. The number of H-pyrrole nitrogens is 1. The van der Waals surface area contributed by atoms with Crippen LogP contribution in [0.2, 0.25) is 0 Å². The average molecular weight is 383 g/mol. The van der Waals surface area contributed by atoms with Crippen LogP contribution in [0.1, 0.15) is 17.5 Å². The lowest BCUT2D eigenvalue weighted by atomic mass is 9.96. The zero-order chi connectivity index (χ0) is 19.9. The Morgan fingerprint density at radius 2 is 1.30 bits per heavy atom. The van der Waals surface area contributed by atoms with Gasteiger partial charge in [-0.15, -0.1) is 0 Å². The van der Waals surface area contributed by atoms with Crippen molar-refractivity contribution in [2.75, 3.05) is 0 Å². The molecular weight excluding hydrogens is 362 g/mol. The third kappa shape index (κ3) is 2.79. The molecule has 0 saturated heterocycles. The highest BCUT2D eigenvalue weighted by atomic mass is 14.7. The summed E-state index contributed by atoms with van der Waals surface area (Å²) < 4.78 is 0. The summed E-state index contributed by atoms with van der Waals surface area (Å²) in [6.07, 6.45) is 9.96. The lowest BCUT2D eigenvalue weighted by molar-refractivity contribution is 1.44. The SMILES string of the molecule is C1=Cc2ccc3[nH]c4ccc(-c5cccc(-c6ccccc6)c5)cc4c3c2C=CC1. The van der Waals surface area contributed by atoms with Crippen LogP contribution < -0.4 is 0 Å². The Kier molecular flexibility index (Phi) is 3.92. The van der Waals surface area contributed by atoms with Gasteiger partial charge in [-0.05, 0) is 64.1 Å². The Morgan fingerprint density at radius 3 is 2.20 bits per heavy atom. The number of aromatic nitrogens is 1. The van der Waals surface area contributed by atoms with E-state index in [0.717, 1.165) is 6.42 Å². The first-order valence-corrected chi connectivity index (χ1v) is 10.4. The minimum atomic E-state index is 0.982. The molecule has 1 aliphatic carbocycles. The smallest absolute Gasteiger partial charge is 0.0471 e. The molecule has 0 aliphatic heterocycles. The zero-order valence-corrected chi connectivity index (χ0v) is 16.6. The average Bonchev–Trinajstić information content (AvgIpc) is 3.01. The summed E-state index contributed by atoms with van der Waals surface area (Å²) in [7, 11) is 0. The molecule has 0 amide bonds. The van der Waals surface area contributed by atoms with Gasteiger partial charge in [-0.1, -0.05) is 85.0 Å². The predicted octanol–water partition coefficient (Wildman–Crippen LogP) is 8.09. The molecule has 30 heavy (non-hydrogen) atoms. The molecule has 0 saturated carbocycles. The van der Waals surface area contributed by atoms with Crippen LogP contribution in [0, 0.1) is 0 Å². The van der Waals surface area contributed by atoms with Crippen LogP contribution in [-0.4, -0.2) is 4.98 Å². The minimum absolute atomic E-state index is 0.982. The van der Waals surface area contributed by atoms with Crippen LogP contribution in [0.3, 0.4) is 0 Å². The van der Waals surface area contributed by atoms with Crippen LogP contribution >= 0.6 is 0 Å². The molecule has 1 heteroatoms. The molecule has 1 aromatic heterocycles. The van der Waals surface area contributed by atoms with Gasteiger partial charge in [-0.3, -0.25) is 0 Å². The summed E-state index contributed by atoms with van der Waals surface area (Å²) in [5.74, 6) is 0. The highest BCUT2D eigenvalue weighted by molar-refractivity contribution is 6.13. The van der Waals surface area contributed by atoms with Gasteiger partial charge in [0.1, 0.15) is 0 Å². The molecule has 0 radical (unpaired) electrons. The van der Waals surface area contributed by atoms with Crippen molar-refractivity contribution < 1.29 is 0 Å². The van der Waals surface area contributed by atoms with Gasteiger partial charge in [0.15, 0.2) is 0 Å². The van der Waals surface area contributed by atoms with Crippen LogP contribution in [0.4, 0.5) is 0 Å². The van der Waals surface area contributed by atoms with E-state index in [2.05, 4.69) is 114 Å². The Balaban J connectivity index is 1.55. The number of aromatic amines is 1. The lowest BCUT2D eigenvalue weighted by Gasteiger charge is -2.07. The summed E-state index contributed by atoms with van der Waals surface area (Å²) in [6, 6.07) is 30.6. The fraction of sp³-hybridized carbons (Fsp3) is 0.0345. The molecule has 6 rings (SSSR count). The van der Waals surface area contributed by atoms with Crippen molar-refractivity contribution in [3.05, 3.63) is 108 Å².